The number of carbonyl (C=O) groups is 11. The number of nitrogens with one attached hydrogen (secondary N) is 11. The minimum absolute atomic E-state index is 0.0136. The number of hydrogen-bond donors (Lipinski definition) is 15. The second-order valence-corrected chi connectivity index (χ2v) is 23.4. The van der Waals surface area contributed by atoms with Gasteiger partial charge in [0, 0.05) is 43.0 Å². The van der Waals surface area contributed by atoms with Crippen molar-refractivity contribution in [1.29, 1.82) is 0 Å². The van der Waals surface area contributed by atoms with Crippen molar-refractivity contribution < 1.29 is 80.1 Å². The topological polar surface area (TPSA) is 454 Å². The van der Waals surface area contributed by atoms with Crippen LogP contribution in [-0.2, 0) is 82.5 Å². The molecule has 0 bridgehead atoms. The molecule has 1 aliphatic heterocycles. The van der Waals surface area contributed by atoms with Gasteiger partial charge in [-0.2, -0.15) is 31.9 Å². The third kappa shape index (κ3) is 24.1. The fourth-order valence-electron chi connectivity index (χ4n) is 9.04. The summed E-state index contributed by atoms with van der Waals surface area (Å²) in [6, 6.07) is 8.65. The highest BCUT2D eigenvalue weighted by Gasteiger charge is 2.36. The number of amides is 9. The highest BCUT2D eigenvalue weighted by molar-refractivity contribution is 7.98. The molecule has 9 amide bonds. The fourth-order valence-corrected chi connectivity index (χ4v) is 10.3. The van der Waals surface area contributed by atoms with Crippen LogP contribution >= 0.6 is 23.5 Å². The van der Waals surface area contributed by atoms with Gasteiger partial charge >= 0.3 is 22.3 Å². The first kappa shape index (κ1) is 70.5. The second kappa shape index (κ2) is 35.5. The van der Waals surface area contributed by atoms with E-state index in [1.807, 2.05) is 30.3 Å². The molecular formula is C56H74N12O17S3. The van der Waals surface area contributed by atoms with E-state index in [0.29, 0.717) is 42.4 Å². The second-order valence-electron chi connectivity index (χ2n) is 20.4. The first-order chi connectivity index (χ1) is 41.9. The number of thioether (sulfide) groups is 2. The van der Waals surface area contributed by atoms with Gasteiger partial charge in [0.25, 0.3) is 0 Å². The summed E-state index contributed by atoms with van der Waals surface area (Å²) >= 11 is 2.56. The van der Waals surface area contributed by atoms with Gasteiger partial charge in [-0.3, -0.25) is 57.3 Å². The summed E-state index contributed by atoms with van der Waals surface area (Å²) in [5.74, 6) is -11.8. The van der Waals surface area contributed by atoms with Crippen molar-refractivity contribution in [2.45, 2.75) is 113 Å². The number of para-hydroxylation sites is 1. The molecule has 88 heavy (non-hydrogen) atoms. The molecule has 0 aliphatic carbocycles. The van der Waals surface area contributed by atoms with Crippen LogP contribution in [0, 0.1) is 0 Å². The Bertz CT molecular complexity index is 3190. The van der Waals surface area contributed by atoms with E-state index in [4.69, 9.17) is 10.3 Å². The van der Waals surface area contributed by atoms with Gasteiger partial charge in [0.1, 0.15) is 48.0 Å². The van der Waals surface area contributed by atoms with Gasteiger partial charge in [-0.25, -0.2) is 0 Å². The monoisotopic (exact) mass is 1280 g/mol. The molecule has 3 aromatic carbocycles. The predicted molar refractivity (Wildman–Crippen MR) is 324 cm³/mol. The molecule has 32 heteroatoms. The first-order valence-corrected chi connectivity index (χ1v) is 32.0. The summed E-state index contributed by atoms with van der Waals surface area (Å²) in [5, 5.41) is 45.9. The summed E-state index contributed by atoms with van der Waals surface area (Å²) in [6.07, 6.45) is 3.23. The molecular weight excluding hydrogens is 1210 g/mol. The number of hydrogen-bond acceptors (Lipinski definition) is 18. The molecule has 5 rings (SSSR count). The van der Waals surface area contributed by atoms with Crippen molar-refractivity contribution in [3.8, 4) is 5.75 Å². The lowest BCUT2D eigenvalue weighted by atomic mass is 10.0. The lowest BCUT2D eigenvalue weighted by Gasteiger charge is -2.28. The summed E-state index contributed by atoms with van der Waals surface area (Å²) < 4.78 is 36.2. The van der Waals surface area contributed by atoms with E-state index in [0.717, 1.165) is 17.7 Å². The molecule has 1 fully saturated rings. The predicted octanol–water partition coefficient (Wildman–Crippen LogP) is -1.48. The van der Waals surface area contributed by atoms with Crippen LogP contribution in [0.15, 0.2) is 85.1 Å². The number of aromatic amines is 1. The van der Waals surface area contributed by atoms with Gasteiger partial charge < -0.3 is 78.3 Å². The van der Waals surface area contributed by atoms with Gasteiger partial charge in [-0.15, -0.1) is 0 Å². The van der Waals surface area contributed by atoms with Crippen molar-refractivity contribution in [3.05, 3.63) is 102 Å². The van der Waals surface area contributed by atoms with Gasteiger partial charge in [-0.1, -0.05) is 60.7 Å². The van der Waals surface area contributed by atoms with E-state index in [9.17, 15) is 71.4 Å². The number of nitrogens with two attached hydrogens (primary N) is 1. The summed E-state index contributed by atoms with van der Waals surface area (Å²) in [7, 11) is -4.92. The molecule has 0 radical (unpaired) electrons. The first-order valence-electron chi connectivity index (χ1n) is 27.8. The maximum atomic E-state index is 14.8. The molecule has 478 valence electrons. The number of fused-ring (bicyclic) bond motifs is 1. The van der Waals surface area contributed by atoms with Crippen molar-refractivity contribution >= 4 is 110 Å². The fraction of sp³-hybridized carbons (Fsp3) is 0.446. The SMILES string of the molecule is CSCC[C@H](NC(=O)[C@H](Cc1ccc(OS(=O)(=O)O)cc1)NC(=O)[C@@H](N)CC(=O)O)C(=O)NC1CNC(=O)CNC(=O)[C@H](CCCCNCc2ccccc2)NC(=O)[C@H](CC(=O)O)NC(=O)[C@H](CCSC)NC(=O)[C@H](Cc2c[nH]c3ccccc23)NC1=O. The molecule has 2 heterocycles. The molecule has 1 saturated heterocycles. The van der Waals surface area contributed by atoms with Crippen LogP contribution in [0.4, 0.5) is 0 Å². The van der Waals surface area contributed by atoms with Gasteiger partial charge in [-0.05, 0) is 97.6 Å². The number of unbranched alkanes of at least 4 members (excludes halogenated alkanes) is 1. The van der Waals surface area contributed by atoms with Gasteiger partial charge in [0.05, 0.1) is 25.4 Å². The Labute approximate surface area is 515 Å². The van der Waals surface area contributed by atoms with Crippen LogP contribution in [0.5, 0.6) is 5.75 Å². The van der Waals surface area contributed by atoms with E-state index < -0.39 is 150 Å². The number of H-pyrrole nitrogens is 1. The zero-order valence-corrected chi connectivity index (χ0v) is 50.6. The zero-order valence-electron chi connectivity index (χ0n) is 48.2. The smallest absolute Gasteiger partial charge is 0.446 e. The Balaban J connectivity index is 1.49. The third-order valence-electron chi connectivity index (χ3n) is 13.6. The lowest BCUT2D eigenvalue weighted by molar-refractivity contribution is -0.141. The Morgan fingerprint density at radius 2 is 1.31 bits per heavy atom. The average molecular weight is 1280 g/mol. The van der Waals surface area contributed by atoms with Gasteiger partial charge in [0.2, 0.25) is 53.2 Å². The number of carbonyl (C=O) groups excluding carboxylic acids is 9. The maximum Gasteiger partial charge on any atom is 0.446 e. The van der Waals surface area contributed by atoms with Crippen LogP contribution in [0.25, 0.3) is 10.9 Å². The molecule has 1 unspecified atom stereocenters. The zero-order chi connectivity index (χ0) is 64.3. The van der Waals surface area contributed by atoms with E-state index in [-0.39, 0.29) is 54.9 Å². The minimum atomic E-state index is -4.92. The quantitative estimate of drug-likeness (QED) is 0.0218. The van der Waals surface area contributed by atoms with Crippen molar-refractivity contribution in [2.75, 3.05) is 43.7 Å². The normalized spacial score (nSPS) is 19.2. The maximum absolute atomic E-state index is 14.8. The van der Waals surface area contributed by atoms with Crippen molar-refractivity contribution in [2.24, 2.45) is 5.73 Å². The van der Waals surface area contributed by atoms with E-state index in [1.165, 1.54) is 35.7 Å². The van der Waals surface area contributed by atoms with Crippen molar-refractivity contribution in [3.63, 3.8) is 0 Å². The number of benzene rings is 3. The molecule has 0 spiro atoms. The van der Waals surface area contributed by atoms with Crippen LogP contribution in [0.3, 0.4) is 0 Å². The summed E-state index contributed by atoms with van der Waals surface area (Å²) in [5.41, 5.74) is 8.28. The molecule has 29 nitrogen and oxygen atoms in total. The third-order valence-corrected chi connectivity index (χ3v) is 15.3. The van der Waals surface area contributed by atoms with Crippen LogP contribution in [0.2, 0.25) is 0 Å². The molecule has 16 N–H and O–H groups in total. The Morgan fingerprint density at radius 3 is 1.98 bits per heavy atom. The highest BCUT2D eigenvalue weighted by atomic mass is 32.3. The Hall–Kier alpha value is -8.30. The standard InChI is InChI=1S/C56H74N12O17S3/c1-86-22-19-40-51(76)67-44(27-48(72)73)55(80)62-39(14-8-9-21-58-28-33-10-4-3-5-11-33)50(75)61-31-46(69)60-30-45(56(81)66-43(54(79)64-40)25-34-29-59-38-13-7-6-12-36(34)38)68-52(77)41(20-23-87-2)63-53(78)42(65-49(74)37(57)26-47(70)71)24-32-15-17-35(18-16-32)85-88(82,83)84/h3-7,10-13,15-18,29,37,39-45,58-59H,8-9,14,19-28,30-31,57H2,1-2H3,(H,60,69)(H,61,75)(H,62,80)(H,63,78)(H,64,79)(H,65,74)(H,66,81)(H,67,76)(H,68,77)(H,70,71)(H,72,73)(H,82,83,84)/t37-,39-,40-,41-,42-,43-,44-,45?/m0/s1. The molecule has 4 aromatic rings. The van der Waals surface area contributed by atoms with Crippen molar-refractivity contribution in [1.82, 2.24) is 58.2 Å². The lowest BCUT2D eigenvalue weighted by Crippen LogP contribution is -2.62. The Morgan fingerprint density at radius 1 is 0.682 bits per heavy atom. The van der Waals surface area contributed by atoms with Crippen LogP contribution in [0.1, 0.15) is 61.6 Å². The number of carboxylic acids is 2. The highest BCUT2D eigenvalue weighted by Crippen LogP contribution is 2.20. The average Bonchev–Trinajstić information content (AvgIpc) is 4.16. The van der Waals surface area contributed by atoms with E-state index in [2.05, 4.69) is 62.3 Å². The van der Waals surface area contributed by atoms with E-state index >= 15 is 0 Å². The minimum Gasteiger partial charge on any atom is -0.481 e. The number of aliphatic carboxylic acids is 2. The largest absolute Gasteiger partial charge is 0.481 e. The molecule has 8 atom stereocenters. The number of rotatable bonds is 29. The van der Waals surface area contributed by atoms with Crippen LogP contribution < -0.4 is 63.1 Å². The molecule has 1 aromatic heterocycles. The number of aromatic nitrogens is 1. The summed E-state index contributed by atoms with van der Waals surface area (Å²) in [4.78, 5) is 154. The Kier molecular flexibility index (Phi) is 28.4. The number of carboxylic acid groups (broad SMARTS) is 2. The molecule has 0 saturated carbocycles. The summed E-state index contributed by atoms with van der Waals surface area (Å²) in [6.45, 7) is -0.439. The van der Waals surface area contributed by atoms with Gasteiger partial charge in [0.15, 0.2) is 0 Å². The van der Waals surface area contributed by atoms with Crippen LogP contribution in [-0.4, -0.2) is 185 Å². The molecule has 1 aliphatic rings. The van der Waals surface area contributed by atoms with E-state index in [1.54, 1.807) is 43.0 Å².